The molecule has 0 spiro atoms. The summed E-state index contributed by atoms with van der Waals surface area (Å²) in [5.74, 6) is 1.81. The summed E-state index contributed by atoms with van der Waals surface area (Å²) < 4.78 is 7.40. The summed E-state index contributed by atoms with van der Waals surface area (Å²) in [5, 5.41) is 0. The number of carbonyl (C=O) groups is 1. The van der Waals surface area contributed by atoms with Gasteiger partial charge in [0.1, 0.15) is 5.82 Å². The van der Waals surface area contributed by atoms with Crippen LogP contribution in [0.2, 0.25) is 0 Å². The first-order chi connectivity index (χ1) is 10.2. The molecule has 3 heterocycles. The molecule has 2 fully saturated rings. The van der Waals surface area contributed by atoms with Crippen LogP contribution in [0.4, 0.5) is 0 Å². The van der Waals surface area contributed by atoms with Gasteiger partial charge in [0.15, 0.2) is 0 Å². The molecule has 21 heavy (non-hydrogen) atoms. The maximum atomic E-state index is 12.3. The third-order valence-corrected chi connectivity index (χ3v) is 4.50. The van der Waals surface area contributed by atoms with Crippen LogP contribution in [0.25, 0.3) is 0 Å². The van der Waals surface area contributed by atoms with E-state index in [0.29, 0.717) is 18.2 Å². The van der Waals surface area contributed by atoms with Crippen LogP contribution in [0.1, 0.15) is 18.7 Å². The number of hydrogen-bond acceptors (Lipinski definition) is 4. The molecule has 0 saturated carbocycles. The van der Waals surface area contributed by atoms with Crippen molar-refractivity contribution in [3.8, 4) is 0 Å². The molecule has 116 valence electrons. The fraction of sp³-hybridized carbons (Fsp3) is 0.733. The molecular weight excluding hydrogens is 268 g/mol. The van der Waals surface area contributed by atoms with E-state index in [0.717, 1.165) is 58.2 Å². The molecule has 2 aliphatic rings. The second kappa shape index (κ2) is 6.58. The number of imidazole rings is 1. The lowest BCUT2D eigenvalue weighted by Gasteiger charge is -2.35. The Kier molecular flexibility index (Phi) is 4.55. The predicted molar refractivity (Wildman–Crippen MR) is 78.6 cm³/mol. The second-order valence-electron chi connectivity index (χ2n) is 6.05. The van der Waals surface area contributed by atoms with E-state index in [2.05, 4.69) is 14.5 Å². The molecule has 6 heteroatoms. The fourth-order valence-corrected chi connectivity index (χ4v) is 3.02. The number of aromatic nitrogens is 2. The molecule has 0 aromatic carbocycles. The van der Waals surface area contributed by atoms with Crippen LogP contribution < -0.4 is 0 Å². The number of amides is 1. The first kappa shape index (κ1) is 14.5. The lowest BCUT2D eigenvalue weighted by molar-refractivity contribution is -0.134. The zero-order chi connectivity index (χ0) is 14.7. The Hall–Kier alpha value is -1.40. The minimum absolute atomic E-state index is 0.294. The molecule has 1 aromatic rings. The van der Waals surface area contributed by atoms with Crippen LogP contribution in [-0.4, -0.2) is 64.7 Å². The van der Waals surface area contributed by atoms with E-state index in [9.17, 15) is 4.79 Å². The summed E-state index contributed by atoms with van der Waals surface area (Å²) in [7, 11) is 2.02. The number of piperazine rings is 1. The van der Waals surface area contributed by atoms with Crippen molar-refractivity contribution in [2.75, 3.05) is 39.4 Å². The highest BCUT2D eigenvalue weighted by Crippen LogP contribution is 2.18. The van der Waals surface area contributed by atoms with E-state index in [1.54, 1.807) is 0 Å². The maximum absolute atomic E-state index is 12.3. The Balaban J connectivity index is 1.44. The smallest absolute Gasteiger partial charge is 0.223 e. The topological polar surface area (TPSA) is 50.6 Å². The van der Waals surface area contributed by atoms with Crippen molar-refractivity contribution < 1.29 is 9.53 Å². The highest BCUT2D eigenvalue weighted by atomic mass is 16.5. The quantitative estimate of drug-likeness (QED) is 0.810. The third kappa shape index (κ3) is 3.63. The predicted octanol–water partition coefficient (Wildman–Crippen LogP) is 0.491. The number of nitrogens with zero attached hydrogens (tertiary/aromatic N) is 4. The summed E-state index contributed by atoms with van der Waals surface area (Å²) >= 11 is 0. The molecule has 1 atom stereocenters. The number of hydrogen-bond donors (Lipinski definition) is 0. The fourth-order valence-electron chi connectivity index (χ4n) is 3.02. The zero-order valence-electron chi connectivity index (χ0n) is 12.7. The standard InChI is InChI=1S/C15H24N4O2/c1-17-4-3-16-14(17)11-18-5-7-19(8-6-18)15(20)10-13-2-9-21-12-13/h3-4,13H,2,5-12H2,1H3/t13-/m0/s1. The Morgan fingerprint density at radius 2 is 2.19 bits per heavy atom. The van der Waals surface area contributed by atoms with Crippen molar-refractivity contribution in [3.05, 3.63) is 18.2 Å². The van der Waals surface area contributed by atoms with Crippen molar-refractivity contribution in [3.63, 3.8) is 0 Å². The number of carbonyl (C=O) groups excluding carboxylic acids is 1. The molecule has 0 radical (unpaired) electrons. The van der Waals surface area contributed by atoms with E-state index in [1.165, 1.54) is 0 Å². The van der Waals surface area contributed by atoms with Gasteiger partial charge < -0.3 is 14.2 Å². The molecular formula is C15H24N4O2. The van der Waals surface area contributed by atoms with E-state index < -0.39 is 0 Å². The summed E-state index contributed by atoms with van der Waals surface area (Å²) in [6, 6.07) is 0. The highest BCUT2D eigenvalue weighted by molar-refractivity contribution is 5.76. The molecule has 0 aliphatic carbocycles. The van der Waals surface area contributed by atoms with Gasteiger partial charge in [0.2, 0.25) is 5.91 Å². The van der Waals surface area contributed by atoms with Crippen LogP contribution >= 0.6 is 0 Å². The first-order valence-corrected chi connectivity index (χ1v) is 7.76. The molecule has 0 N–H and O–H groups in total. The SMILES string of the molecule is Cn1ccnc1CN1CCN(C(=O)C[C@@H]2CCOC2)CC1. The Morgan fingerprint density at radius 1 is 1.38 bits per heavy atom. The number of aryl methyl sites for hydroxylation is 1. The van der Waals surface area contributed by atoms with Crippen molar-refractivity contribution in [2.45, 2.75) is 19.4 Å². The van der Waals surface area contributed by atoms with Crippen molar-refractivity contribution >= 4 is 5.91 Å². The average Bonchev–Trinajstić information content (AvgIpc) is 3.12. The van der Waals surface area contributed by atoms with E-state index in [1.807, 2.05) is 24.3 Å². The van der Waals surface area contributed by atoms with Crippen molar-refractivity contribution in [1.29, 1.82) is 0 Å². The second-order valence-corrected chi connectivity index (χ2v) is 6.05. The van der Waals surface area contributed by atoms with Gasteiger partial charge in [-0.25, -0.2) is 4.98 Å². The largest absolute Gasteiger partial charge is 0.381 e. The summed E-state index contributed by atoms with van der Waals surface area (Å²) in [6.07, 6.45) is 5.49. The van der Waals surface area contributed by atoms with Gasteiger partial charge in [-0.2, -0.15) is 0 Å². The third-order valence-electron chi connectivity index (χ3n) is 4.50. The van der Waals surface area contributed by atoms with Crippen molar-refractivity contribution in [1.82, 2.24) is 19.4 Å². The van der Waals surface area contributed by atoms with Gasteiger partial charge in [-0.15, -0.1) is 0 Å². The Labute approximate surface area is 125 Å². The molecule has 0 unspecified atom stereocenters. The van der Waals surface area contributed by atoms with Gasteiger partial charge >= 0.3 is 0 Å². The van der Waals surface area contributed by atoms with Crippen LogP contribution in [0, 0.1) is 5.92 Å². The molecule has 2 saturated heterocycles. The van der Waals surface area contributed by atoms with Crippen LogP contribution in [0.3, 0.4) is 0 Å². The molecule has 2 aliphatic heterocycles. The lowest BCUT2D eigenvalue weighted by Crippen LogP contribution is -2.48. The van der Waals surface area contributed by atoms with Crippen LogP contribution in [-0.2, 0) is 23.1 Å². The van der Waals surface area contributed by atoms with Gasteiger partial charge in [-0.3, -0.25) is 9.69 Å². The number of ether oxygens (including phenoxy) is 1. The average molecular weight is 292 g/mol. The number of rotatable bonds is 4. The maximum Gasteiger partial charge on any atom is 0.223 e. The highest BCUT2D eigenvalue weighted by Gasteiger charge is 2.25. The van der Waals surface area contributed by atoms with E-state index >= 15 is 0 Å². The Bertz CT molecular complexity index is 474. The van der Waals surface area contributed by atoms with Gasteiger partial charge in [0, 0.05) is 65.3 Å². The lowest BCUT2D eigenvalue weighted by atomic mass is 10.0. The minimum atomic E-state index is 0.294. The summed E-state index contributed by atoms with van der Waals surface area (Å²) in [4.78, 5) is 21.0. The molecule has 1 aromatic heterocycles. The van der Waals surface area contributed by atoms with Gasteiger partial charge in [0.05, 0.1) is 6.54 Å². The van der Waals surface area contributed by atoms with E-state index in [-0.39, 0.29) is 0 Å². The molecule has 3 rings (SSSR count). The zero-order valence-corrected chi connectivity index (χ0v) is 12.7. The van der Waals surface area contributed by atoms with Gasteiger partial charge in [-0.05, 0) is 12.3 Å². The molecule has 6 nitrogen and oxygen atoms in total. The van der Waals surface area contributed by atoms with Crippen LogP contribution in [0.5, 0.6) is 0 Å². The van der Waals surface area contributed by atoms with Gasteiger partial charge in [0.25, 0.3) is 0 Å². The first-order valence-electron chi connectivity index (χ1n) is 7.76. The minimum Gasteiger partial charge on any atom is -0.381 e. The molecule has 1 amide bonds. The monoisotopic (exact) mass is 292 g/mol. The summed E-state index contributed by atoms with van der Waals surface area (Å²) in [5.41, 5.74) is 0. The molecule has 0 bridgehead atoms. The van der Waals surface area contributed by atoms with E-state index in [4.69, 9.17) is 4.74 Å². The summed E-state index contributed by atoms with van der Waals surface area (Å²) in [6.45, 7) is 5.95. The normalized spacial score (nSPS) is 23.7. The van der Waals surface area contributed by atoms with Crippen LogP contribution in [0.15, 0.2) is 12.4 Å². The van der Waals surface area contributed by atoms with Crippen molar-refractivity contribution in [2.24, 2.45) is 13.0 Å². The Morgan fingerprint density at radius 3 is 2.81 bits per heavy atom. The van der Waals surface area contributed by atoms with Gasteiger partial charge in [-0.1, -0.05) is 0 Å².